The summed E-state index contributed by atoms with van der Waals surface area (Å²) in [4.78, 5) is 40.8. The van der Waals surface area contributed by atoms with E-state index in [0.717, 1.165) is 12.0 Å². The average Bonchev–Trinajstić information content (AvgIpc) is 3.07. The van der Waals surface area contributed by atoms with Gasteiger partial charge in [0.2, 0.25) is 5.91 Å². The molecule has 38 heavy (non-hydrogen) atoms. The minimum absolute atomic E-state index is 0.0325. The van der Waals surface area contributed by atoms with Crippen LogP contribution in [0, 0.1) is 5.92 Å². The Kier molecular flexibility index (Phi) is 10.1. The van der Waals surface area contributed by atoms with Crippen molar-refractivity contribution in [3.63, 3.8) is 0 Å². The highest BCUT2D eigenvalue weighted by Gasteiger charge is 2.36. The molecule has 1 heterocycles. The number of fused-ring (bicyclic) bond motifs is 1. The second-order valence-corrected chi connectivity index (χ2v) is 9.95. The predicted octanol–water partition coefficient (Wildman–Crippen LogP) is 4.41. The molecule has 0 saturated heterocycles. The summed E-state index contributed by atoms with van der Waals surface area (Å²) in [5.41, 5.74) is 1.36. The van der Waals surface area contributed by atoms with Gasteiger partial charge in [-0.2, -0.15) is 0 Å². The van der Waals surface area contributed by atoms with Gasteiger partial charge in [-0.15, -0.1) is 0 Å². The molecular formula is C30H38N2O6. The molecular weight excluding hydrogens is 484 g/mol. The number of hydrogen-bond acceptors (Lipinski definition) is 7. The van der Waals surface area contributed by atoms with Crippen LogP contribution in [0.1, 0.15) is 57.4 Å². The second-order valence-electron chi connectivity index (χ2n) is 9.95. The number of para-hydroxylation sites is 2. The van der Waals surface area contributed by atoms with E-state index < -0.39 is 18.1 Å². The SMILES string of the molecule is CCOC(=O)[C@H](CCC1CCCCC1)NC1COc2ccccc2N(CC(=O)OCc2ccccc2)C1=O. The third-order valence-corrected chi connectivity index (χ3v) is 7.22. The Bertz CT molecular complexity index is 1070. The molecule has 1 N–H and O–H groups in total. The fraction of sp³-hybridized carbons (Fsp3) is 0.500. The number of benzene rings is 2. The Labute approximate surface area is 224 Å². The van der Waals surface area contributed by atoms with Crippen LogP contribution in [0.2, 0.25) is 0 Å². The molecule has 1 aliphatic carbocycles. The molecule has 2 atom stereocenters. The van der Waals surface area contributed by atoms with Crippen molar-refractivity contribution >= 4 is 23.5 Å². The molecule has 0 aromatic heterocycles. The average molecular weight is 523 g/mol. The van der Waals surface area contributed by atoms with Crippen molar-refractivity contribution in [3.8, 4) is 5.75 Å². The molecule has 0 bridgehead atoms. The van der Waals surface area contributed by atoms with Crippen molar-refractivity contribution in [2.75, 3.05) is 24.7 Å². The highest BCUT2D eigenvalue weighted by atomic mass is 16.5. The number of esters is 2. The van der Waals surface area contributed by atoms with Gasteiger partial charge in [0, 0.05) is 0 Å². The standard InChI is InChI=1S/C30H38N2O6/c1-2-36-30(35)24(18-17-22-11-5-3-6-12-22)31-25-21-37-27-16-10-9-15-26(27)32(29(25)34)19-28(33)38-20-23-13-7-4-8-14-23/h4,7-10,13-16,22,24-25,31H,2-3,5-6,11-12,17-21H2,1H3/t24-,25?/m0/s1. The van der Waals surface area contributed by atoms with E-state index in [1.54, 1.807) is 25.1 Å². The minimum atomic E-state index is -0.829. The summed E-state index contributed by atoms with van der Waals surface area (Å²) in [6, 6.07) is 15.0. The van der Waals surface area contributed by atoms with Crippen molar-refractivity contribution in [1.82, 2.24) is 5.32 Å². The van der Waals surface area contributed by atoms with Gasteiger partial charge in [-0.3, -0.25) is 24.6 Å². The molecule has 1 amide bonds. The van der Waals surface area contributed by atoms with Gasteiger partial charge in [0.25, 0.3) is 0 Å². The molecule has 2 aromatic carbocycles. The molecule has 8 nitrogen and oxygen atoms in total. The van der Waals surface area contributed by atoms with Crippen LogP contribution >= 0.6 is 0 Å². The van der Waals surface area contributed by atoms with Crippen LogP contribution in [-0.2, 0) is 30.5 Å². The molecule has 1 unspecified atom stereocenters. The predicted molar refractivity (Wildman–Crippen MR) is 144 cm³/mol. The van der Waals surface area contributed by atoms with Crippen LogP contribution in [0.25, 0.3) is 0 Å². The lowest BCUT2D eigenvalue weighted by Gasteiger charge is -2.28. The van der Waals surface area contributed by atoms with E-state index in [1.807, 2.05) is 36.4 Å². The number of carbonyl (C=O) groups excluding carboxylic acids is 3. The summed E-state index contributed by atoms with van der Waals surface area (Å²) in [5, 5.41) is 3.22. The van der Waals surface area contributed by atoms with E-state index in [0.29, 0.717) is 23.8 Å². The van der Waals surface area contributed by atoms with E-state index in [4.69, 9.17) is 14.2 Å². The first-order valence-corrected chi connectivity index (χ1v) is 13.7. The number of anilines is 1. The first-order valence-electron chi connectivity index (χ1n) is 13.7. The minimum Gasteiger partial charge on any atom is -0.489 e. The summed E-state index contributed by atoms with van der Waals surface area (Å²) >= 11 is 0. The largest absolute Gasteiger partial charge is 0.489 e. The van der Waals surface area contributed by atoms with E-state index in [-0.39, 0.29) is 38.2 Å². The lowest BCUT2D eigenvalue weighted by atomic mass is 9.85. The Hall–Kier alpha value is -3.39. The first-order chi connectivity index (χ1) is 18.5. The van der Waals surface area contributed by atoms with Gasteiger partial charge in [-0.25, -0.2) is 0 Å². The molecule has 2 aliphatic rings. The van der Waals surface area contributed by atoms with Crippen molar-refractivity contribution in [3.05, 3.63) is 60.2 Å². The Morgan fingerprint density at radius 2 is 1.76 bits per heavy atom. The number of carbonyl (C=O) groups is 3. The highest BCUT2D eigenvalue weighted by Crippen LogP contribution is 2.32. The number of ether oxygens (including phenoxy) is 3. The van der Waals surface area contributed by atoms with Gasteiger partial charge in [0.1, 0.15) is 37.6 Å². The molecule has 2 aromatic rings. The van der Waals surface area contributed by atoms with Crippen molar-refractivity contribution < 1.29 is 28.6 Å². The molecule has 204 valence electrons. The first kappa shape index (κ1) is 27.6. The van der Waals surface area contributed by atoms with Crippen molar-refractivity contribution in [2.45, 2.75) is 70.6 Å². The monoisotopic (exact) mass is 522 g/mol. The summed E-state index contributed by atoms with van der Waals surface area (Å²) in [5.74, 6) is -0.165. The number of rotatable bonds is 11. The summed E-state index contributed by atoms with van der Waals surface area (Å²) in [6.07, 6.45) is 7.56. The second kappa shape index (κ2) is 14.0. The van der Waals surface area contributed by atoms with Crippen LogP contribution in [0.4, 0.5) is 5.69 Å². The maximum atomic E-state index is 13.8. The zero-order valence-electron chi connectivity index (χ0n) is 22.1. The lowest BCUT2D eigenvalue weighted by molar-refractivity contribution is -0.147. The van der Waals surface area contributed by atoms with E-state index in [1.165, 1.54) is 37.0 Å². The van der Waals surface area contributed by atoms with Crippen molar-refractivity contribution in [1.29, 1.82) is 0 Å². The molecule has 0 radical (unpaired) electrons. The zero-order valence-corrected chi connectivity index (χ0v) is 22.1. The molecule has 8 heteroatoms. The normalized spacial score (nSPS) is 18.6. The van der Waals surface area contributed by atoms with E-state index >= 15 is 0 Å². The zero-order chi connectivity index (χ0) is 26.7. The van der Waals surface area contributed by atoms with Crippen LogP contribution in [-0.4, -0.2) is 49.7 Å². The number of hydrogen-bond donors (Lipinski definition) is 1. The van der Waals surface area contributed by atoms with Crippen LogP contribution in [0.5, 0.6) is 5.75 Å². The lowest BCUT2D eigenvalue weighted by Crippen LogP contribution is -2.55. The fourth-order valence-electron chi connectivity index (χ4n) is 5.18. The number of nitrogens with one attached hydrogen (secondary N) is 1. The van der Waals surface area contributed by atoms with Crippen molar-refractivity contribution in [2.24, 2.45) is 5.92 Å². The topological polar surface area (TPSA) is 94.2 Å². The van der Waals surface area contributed by atoms with E-state index in [2.05, 4.69) is 5.32 Å². The molecule has 1 saturated carbocycles. The third-order valence-electron chi connectivity index (χ3n) is 7.22. The van der Waals surface area contributed by atoms with Crippen LogP contribution in [0.3, 0.4) is 0 Å². The van der Waals surface area contributed by atoms with Crippen LogP contribution < -0.4 is 15.0 Å². The molecule has 1 fully saturated rings. The van der Waals surface area contributed by atoms with E-state index in [9.17, 15) is 14.4 Å². The fourth-order valence-corrected chi connectivity index (χ4v) is 5.18. The maximum Gasteiger partial charge on any atom is 0.326 e. The molecule has 1 aliphatic heterocycles. The summed E-state index contributed by atoms with van der Waals surface area (Å²) in [6.45, 7) is 1.92. The molecule has 0 spiro atoms. The Morgan fingerprint density at radius 3 is 2.53 bits per heavy atom. The van der Waals surface area contributed by atoms with Gasteiger partial charge in [0.05, 0.1) is 12.3 Å². The van der Waals surface area contributed by atoms with Crippen LogP contribution in [0.15, 0.2) is 54.6 Å². The Morgan fingerprint density at radius 1 is 1.03 bits per heavy atom. The highest BCUT2D eigenvalue weighted by molar-refractivity contribution is 6.02. The maximum absolute atomic E-state index is 13.8. The smallest absolute Gasteiger partial charge is 0.326 e. The summed E-state index contributed by atoms with van der Waals surface area (Å²) in [7, 11) is 0. The van der Waals surface area contributed by atoms with Gasteiger partial charge < -0.3 is 14.2 Å². The number of amides is 1. The summed E-state index contributed by atoms with van der Waals surface area (Å²) < 4.78 is 16.8. The van der Waals surface area contributed by atoms with Gasteiger partial charge in [-0.1, -0.05) is 74.6 Å². The Balaban J connectivity index is 1.46. The van der Waals surface area contributed by atoms with Gasteiger partial charge in [-0.05, 0) is 43.4 Å². The van der Waals surface area contributed by atoms with Gasteiger partial charge >= 0.3 is 11.9 Å². The quantitative estimate of drug-likeness (QED) is 0.437. The van der Waals surface area contributed by atoms with Gasteiger partial charge in [0.15, 0.2) is 0 Å². The number of nitrogens with zero attached hydrogens (tertiary/aromatic N) is 1. The third kappa shape index (κ3) is 7.57. The molecule has 4 rings (SSSR count).